The molecule has 2 N–H and O–H groups in total. The van der Waals surface area contributed by atoms with Crippen LogP contribution in [0.4, 0.5) is 10.1 Å². The molecule has 3 aromatic rings. The second-order valence-corrected chi connectivity index (χ2v) is 7.70. The molecule has 0 spiro atoms. The highest BCUT2D eigenvalue weighted by Crippen LogP contribution is 2.11. The van der Waals surface area contributed by atoms with Crippen LogP contribution in [0.5, 0.6) is 0 Å². The molecule has 1 aromatic heterocycles. The van der Waals surface area contributed by atoms with Gasteiger partial charge in [-0.25, -0.2) is 9.18 Å². The lowest BCUT2D eigenvalue weighted by Crippen LogP contribution is -2.41. The monoisotopic (exact) mass is 454 g/mol. The summed E-state index contributed by atoms with van der Waals surface area (Å²) in [7, 11) is 0. The van der Waals surface area contributed by atoms with E-state index in [0.717, 1.165) is 11.0 Å². The summed E-state index contributed by atoms with van der Waals surface area (Å²) >= 11 is 0. The third-order valence-corrected chi connectivity index (χ3v) is 5.17. The van der Waals surface area contributed by atoms with Crippen molar-refractivity contribution in [1.29, 1.82) is 0 Å². The van der Waals surface area contributed by atoms with Gasteiger partial charge in [-0.05, 0) is 55.7 Å². The second-order valence-electron chi connectivity index (χ2n) is 7.70. The van der Waals surface area contributed by atoms with Gasteiger partial charge in [-0.15, -0.1) is 0 Å². The first-order chi connectivity index (χ1) is 15.9. The van der Waals surface area contributed by atoms with Gasteiger partial charge in [0.1, 0.15) is 12.4 Å². The van der Waals surface area contributed by atoms with Crippen molar-refractivity contribution in [1.82, 2.24) is 14.5 Å². The minimum Gasteiger partial charge on any atom is -0.356 e. The number of hydrogen-bond acceptors (Lipinski definition) is 4. The van der Waals surface area contributed by atoms with Crippen LogP contribution in [-0.4, -0.2) is 27.5 Å². The normalized spacial score (nSPS) is 10.8. The lowest BCUT2D eigenvalue weighted by Gasteiger charge is -2.14. The molecule has 0 bridgehead atoms. The molecule has 0 unspecified atom stereocenters. The Kier molecular flexibility index (Phi) is 8.12. The van der Waals surface area contributed by atoms with Crippen LogP contribution in [0.25, 0.3) is 10.9 Å². The van der Waals surface area contributed by atoms with Crippen molar-refractivity contribution in [2.75, 3.05) is 11.9 Å². The number of carbonyl (C=O) groups is 2. The number of amides is 2. The van der Waals surface area contributed by atoms with E-state index in [-0.39, 0.29) is 19.0 Å². The van der Waals surface area contributed by atoms with Gasteiger partial charge >= 0.3 is 5.69 Å². The zero-order valence-corrected chi connectivity index (χ0v) is 18.5. The predicted octanol–water partition coefficient (Wildman–Crippen LogP) is 2.64. The Balaban J connectivity index is 1.80. The summed E-state index contributed by atoms with van der Waals surface area (Å²) < 4.78 is 15.5. The molecule has 2 aromatic carbocycles. The van der Waals surface area contributed by atoms with Gasteiger partial charge in [-0.3, -0.25) is 23.5 Å². The maximum atomic E-state index is 13.1. The Bertz CT molecular complexity index is 1250. The van der Waals surface area contributed by atoms with E-state index in [4.69, 9.17) is 0 Å². The summed E-state index contributed by atoms with van der Waals surface area (Å²) in [5, 5.41) is 5.75. The topological polar surface area (TPSA) is 102 Å². The molecule has 8 nitrogen and oxygen atoms in total. The average Bonchev–Trinajstić information content (AvgIpc) is 2.81. The molecule has 9 heteroatoms. The van der Waals surface area contributed by atoms with E-state index in [2.05, 4.69) is 10.6 Å². The van der Waals surface area contributed by atoms with Gasteiger partial charge in [-0.1, -0.05) is 19.1 Å². The lowest BCUT2D eigenvalue weighted by molar-refractivity contribution is -0.121. The van der Waals surface area contributed by atoms with E-state index in [1.165, 1.54) is 28.8 Å². The number of nitrogens with zero attached hydrogens (tertiary/aromatic N) is 2. The van der Waals surface area contributed by atoms with E-state index < -0.39 is 23.0 Å². The number of nitrogens with one attached hydrogen (secondary N) is 2. The van der Waals surface area contributed by atoms with Crippen LogP contribution >= 0.6 is 0 Å². The summed E-state index contributed by atoms with van der Waals surface area (Å²) in [4.78, 5) is 50.4. The van der Waals surface area contributed by atoms with Crippen molar-refractivity contribution in [3.63, 3.8) is 0 Å². The highest BCUT2D eigenvalue weighted by atomic mass is 19.1. The van der Waals surface area contributed by atoms with Gasteiger partial charge in [0.2, 0.25) is 11.8 Å². The Morgan fingerprint density at radius 2 is 1.67 bits per heavy atom. The Morgan fingerprint density at radius 3 is 2.39 bits per heavy atom. The van der Waals surface area contributed by atoms with Crippen LogP contribution in [0.1, 0.15) is 32.6 Å². The first-order valence-electron chi connectivity index (χ1n) is 10.9. The third-order valence-electron chi connectivity index (χ3n) is 5.17. The molecule has 1 heterocycles. The van der Waals surface area contributed by atoms with Crippen LogP contribution in [-0.2, 0) is 22.7 Å². The quantitative estimate of drug-likeness (QED) is 0.460. The summed E-state index contributed by atoms with van der Waals surface area (Å²) in [6, 6.07) is 11.9. The first-order valence-corrected chi connectivity index (χ1v) is 10.9. The summed E-state index contributed by atoms with van der Waals surface area (Å²) in [6.45, 7) is 2.42. The molecule has 0 saturated heterocycles. The smallest absolute Gasteiger partial charge is 0.331 e. The maximum absolute atomic E-state index is 13.1. The molecule has 0 saturated carbocycles. The van der Waals surface area contributed by atoms with Crippen LogP contribution in [0.2, 0.25) is 0 Å². The van der Waals surface area contributed by atoms with E-state index in [1.54, 1.807) is 24.3 Å². The molecule has 0 radical (unpaired) electrons. The lowest BCUT2D eigenvalue weighted by atomic mass is 10.2. The number of carbonyl (C=O) groups excluding carboxylic acids is 2. The number of rotatable bonds is 10. The van der Waals surface area contributed by atoms with Crippen molar-refractivity contribution in [2.45, 2.75) is 45.7 Å². The predicted molar refractivity (Wildman–Crippen MR) is 125 cm³/mol. The first kappa shape index (κ1) is 23.9. The maximum Gasteiger partial charge on any atom is 0.331 e. The largest absolute Gasteiger partial charge is 0.356 e. The van der Waals surface area contributed by atoms with Crippen LogP contribution < -0.4 is 21.9 Å². The molecule has 0 fully saturated rings. The van der Waals surface area contributed by atoms with Crippen molar-refractivity contribution in [3.05, 3.63) is 75.2 Å². The molecular formula is C24H27FN4O4. The molecule has 3 rings (SSSR count). The highest BCUT2D eigenvalue weighted by molar-refractivity contribution is 5.91. The van der Waals surface area contributed by atoms with E-state index in [1.807, 2.05) is 6.92 Å². The van der Waals surface area contributed by atoms with E-state index in [0.29, 0.717) is 42.4 Å². The Hall–Kier alpha value is -3.75. The van der Waals surface area contributed by atoms with Crippen LogP contribution in [0, 0.1) is 5.82 Å². The molecule has 0 aliphatic rings. The van der Waals surface area contributed by atoms with Gasteiger partial charge in [0.15, 0.2) is 0 Å². The molecule has 174 valence electrons. The summed E-state index contributed by atoms with van der Waals surface area (Å²) in [5.41, 5.74) is -0.269. The molecule has 33 heavy (non-hydrogen) atoms. The van der Waals surface area contributed by atoms with Gasteiger partial charge in [0.05, 0.1) is 10.9 Å². The number of unbranched alkanes of at least 4 members (excludes halogenated alkanes) is 1. The minimum atomic E-state index is -0.594. The van der Waals surface area contributed by atoms with Crippen molar-refractivity contribution >= 4 is 28.4 Å². The summed E-state index contributed by atoms with van der Waals surface area (Å²) in [6.07, 6.45) is 2.16. The summed E-state index contributed by atoms with van der Waals surface area (Å²) in [5.74, 6) is -0.964. The van der Waals surface area contributed by atoms with Gasteiger partial charge < -0.3 is 10.6 Å². The van der Waals surface area contributed by atoms with E-state index >= 15 is 0 Å². The standard InChI is InChI=1S/C24H27FN4O4/c1-2-14-26-21(30)9-5-6-15-28-23(32)19-7-3-4-8-20(19)29(24(28)33)16-22(31)27-18-12-10-17(25)11-13-18/h3-4,7-8,10-13H,2,5-6,9,14-16H2,1H3,(H,26,30)(H,27,31). The number of aromatic nitrogens is 2. The van der Waals surface area contributed by atoms with Gasteiger partial charge in [0, 0.05) is 25.2 Å². The number of para-hydroxylation sites is 1. The highest BCUT2D eigenvalue weighted by Gasteiger charge is 2.15. The molecule has 0 aliphatic carbocycles. The number of anilines is 1. The molecular weight excluding hydrogens is 427 g/mol. The van der Waals surface area contributed by atoms with Crippen molar-refractivity contribution in [2.24, 2.45) is 0 Å². The fourth-order valence-electron chi connectivity index (χ4n) is 3.51. The molecule has 2 amide bonds. The zero-order chi connectivity index (χ0) is 23.8. The minimum absolute atomic E-state index is 0.0578. The second kappa shape index (κ2) is 11.2. The van der Waals surface area contributed by atoms with Crippen molar-refractivity contribution in [3.8, 4) is 0 Å². The molecule has 0 atom stereocenters. The Labute approximate surface area is 190 Å². The Morgan fingerprint density at radius 1 is 0.939 bits per heavy atom. The van der Waals surface area contributed by atoms with E-state index in [9.17, 15) is 23.6 Å². The molecule has 0 aliphatic heterocycles. The number of halogens is 1. The zero-order valence-electron chi connectivity index (χ0n) is 18.5. The number of hydrogen-bond donors (Lipinski definition) is 2. The number of benzene rings is 2. The van der Waals surface area contributed by atoms with Crippen LogP contribution in [0.15, 0.2) is 58.1 Å². The van der Waals surface area contributed by atoms with Gasteiger partial charge in [0.25, 0.3) is 5.56 Å². The third kappa shape index (κ3) is 6.15. The average molecular weight is 455 g/mol. The van der Waals surface area contributed by atoms with Crippen molar-refractivity contribution < 1.29 is 14.0 Å². The van der Waals surface area contributed by atoms with Crippen LogP contribution in [0.3, 0.4) is 0 Å². The van der Waals surface area contributed by atoms with Gasteiger partial charge in [-0.2, -0.15) is 0 Å². The number of fused-ring (bicyclic) bond motifs is 1. The fraction of sp³-hybridized carbons (Fsp3) is 0.333. The fourth-order valence-corrected chi connectivity index (χ4v) is 3.51. The SMILES string of the molecule is CCCNC(=O)CCCCn1c(=O)c2ccccc2n(CC(=O)Nc2ccc(F)cc2)c1=O.